The molecule has 1 N–H and O–H groups in total. The minimum Gasteiger partial charge on any atom is -0.481 e. The van der Waals surface area contributed by atoms with Crippen molar-refractivity contribution in [1.29, 1.82) is 0 Å². The Bertz CT molecular complexity index is 945. The Hall–Kier alpha value is -2.39. The van der Waals surface area contributed by atoms with Gasteiger partial charge in [-0.15, -0.1) is 10.2 Å². The topological polar surface area (TPSA) is 90.6 Å². The number of hydrogen-bond acceptors (Lipinski definition) is 8. The Labute approximate surface area is 172 Å². The van der Waals surface area contributed by atoms with E-state index in [-0.39, 0.29) is 5.25 Å². The molecular formula is C18H20ClN7OS. The van der Waals surface area contributed by atoms with Gasteiger partial charge in [0.05, 0.1) is 12.1 Å². The van der Waals surface area contributed by atoms with Gasteiger partial charge in [0.25, 0.3) is 0 Å². The predicted molar refractivity (Wildman–Crippen MR) is 109 cm³/mol. The average molecular weight is 418 g/mol. The third kappa shape index (κ3) is 4.36. The summed E-state index contributed by atoms with van der Waals surface area (Å²) in [7, 11) is 1.60. The number of methoxy groups -OCH3 is 1. The van der Waals surface area contributed by atoms with E-state index in [0.29, 0.717) is 16.9 Å². The Balaban J connectivity index is 1.47. The Morgan fingerprint density at radius 3 is 2.79 bits per heavy atom. The summed E-state index contributed by atoms with van der Waals surface area (Å²) in [6.07, 6.45) is 6.18. The average Bonchev–Trinajstić information content (AvgIpc) is 3.47. The third-order valence-electron chi connectivity index (χ3n) is 4.26. The van der Waals surface area contributed by atoms with Crippen LogP contribution < -0.4 is 9.46 Å². The van der Waals surface area contributed by atoms with E-state index in [1.54, 1.807) is 31.5 Å². The van der Waals surface area contributed by atoms with Gasteiger partial charge in [0.15, 0.2) is 5.82 Å². The van der Waals surface area contributed by atoms with Crippen molar-refractivity contribution in [2.75, 3.05) is 11.8 Å². The minimum atomic E-state index is 0.240. The summed E-state index contributed by atoms with van der Waals surface area (Å²) >= 11 is 7.41. The number of pyridine rings is 1. The Kier molecular flexibility index (Phi) is 5.63. The zero-order valence-corrected chi connectivity index (χ0v) is 17.1. The lowest BCUT2D eigenvalue weighted by Gasteiger charge is -2.13. The van der Waals surface area contributed by atoms with Crippen LogP contribution in [0, 0.1) is 0 Å². The van der Waals surface area contributed by atoms with Crippen molar-refractivity contribution < 1.29 is 4.74 Å². The van der Waals surface area contributed by atoms with Crippen LogP contribution in [0.3, 0.4) is 0 Å². The number of nitrogens with zero attached hydrogens (tertiary/aromatic N) is 6. The van der Waals surface area contributed by atoms with Gasteiger partial charge >= 0.3 is 0 Å². The van der Waals surface area contributed by atoms with E-state index in [0.717, 1.165) is 42.6 Å². The van der Waals surface area contributed by atoms with Crippen LogP contribution in [0.4, 0.5) is 5.95 Å². The van der Waals surface area contributed by atoms with Gasteiger partial charge < -0.3 is 4.74 Å². The van der Waals surface area contributed by atoms with Crippen molar-refractivity contribution in [3.63, 3.8) is 0 Å². The molecule has 1 unspecified atom stereocenters. The zero-order chi connectivity index (χ0) is 19.5. The lowest BCUT2D eigenvalue weighted by atomic mass is 10.3. The second kappa shape index (κ2) is 8.32. The molecule has 28 heavy (non-hydrogen) atoms. The fourth-order valence-electron chi connectivity index (χ4n) is 2.76. The highest BCUT2D eigenvalue weighted by Gasteiger charge is 2.30. The molecule has 0 saturated heterocycles. The van der Waals surface area contributed by atoms with Crippen LogP contribution in [-0.2, 0) is 6.42 Å². The molecule has 1 saturated carbocycles. The van der Waals surface area contributed by atoms with E-state index >= 15 is 0 Å². The highest BCUT2D eigenvalue weighted by Crippen LogP contribution is 2.40. The van der Waals surface area contributed by atoms with E-state index in [1.807, 2.05) is 18.2 Å². The highest BCUT2D eigenvalue weighted by molar-refractivity contribution is 8.01. The fourth-order valence-corrected chi connectivity index (χ4v) is 3.54. The molecule has 0 amide bonds. The summed E-state index contributed by atoms with van der Waals surface area (Å²) in [4.78, 5) is 13.0. The Morgan fingerprint density at radius 2 is 2.07 bits per heavy atom. The minimum absolute atomic E-state index is 0.240. The predicted octanol–water partition coefficient (Wildman–Crippen LogP) is 3.82. The van der Waals surface area contributed by atoms with Gasteiger partial charge in [0, 0.05) is 36.2 Å². The summed E-state index contributed by atoms with van der Waals surface area (Å²) < 4.78 is 10.7. The number of anilines is 1. The molecule has 146 valence electrons. The molecule has 8 nitrogen and oxygen atoms in total. The van der Waals surface area contributed by atoms with Gasteiger partial charge in [-0.2, -0.15) is 0 Å². The molecule has 1 fully saturated rings. The van der Waals surface area contributed by atoms with E-state index < -0.39 is 0 Å². The first-order valence-corrected chi connectivity index (χ1v) is 10.2. The van der Waals surface area contributed by atoms with Gasteiger partial charge in [-0.25, -0.2) is 15.0 Å². The third-order valence-corrected chi connectivity index (χ3v) is 5.33. The molecule has 3 heterocycles. The van der Waals surface area contributed by atoms with E-state index in [9.17, 15) is 0 Å². The normalized spacial score (nSPS) is 14.7. The van der Waals surface area contributed by atoms with Crippen LogP contribution in [0.2, 0.25) is 5.02 Å². The van der Waals surface area contributed by atoms with Gasteiger partial charge in [-0.1, -0.05) is 24.6 Å². The number of hydrogen-bond donors (Lipinski definition) is 1. The number of halogens is 1. The maximum Gasteiger partial charge on any atom is 0.235 e. The molecule has 3 aromatic rings. The van der Waals surface area contributed by atoms with E-state index in [4.69, 9.17) is 16.3 Å². The van der Waals surface area contributed by atoms with Crippen molar-refractivity contribution in [3.05, 3.63) is 41.4 Å². The van der Waals surface area contributed by atoms with Gasteiger partial charge in [-0.05, 0) is 30.9 Å². The van der Waals surface area contributed by atoms with Crippen molar-refractivity contribution in [1.82, 2.24) is 29.7 Å². The molecule has 1 aliphatic rings. The van der Waals surface area contributed by atoms with Crippen molar-refractivity contribution in [2.24, 2.45) is 0 Å². The quantitative estimate of drug-likeness (QED) is 0.553. The van der Waals surface area contributed by atoms with E-state index in [2.05, 4.69) is 41.4 Å². The molecule has 1 aliphatic carbocycles. The molecule has 0 aromatic carbocycles. The summed E-state index contributed by atoms with van der Waals surface area (Å²) in [5.74, 6) is 2.80. The summed E-state index contributed by atoms with van der Waals surface area (Å²) in [6.45, 7) is 2.11. The lowest BCUT2D eigenvalue weighted by Crippen LogP contribution is -2.10. The van der Waals surface area contributed by atoms with Gasteiger partial charge in [0.1, 0.15) is 11.5 Å². The monoisotopic (exact) mass is 417 g/mol. The molecule has 0 bridgehead atoms. The lowest BCUT2D eigenvalue weighted by molar-refractivity contribution is 0.398. The van der Waals surface area contributed by atoms with Crippen molar-refractivity contribution >= 4 is 29.5 Å². The first kappa shape index (κ1) is 18.9. The standard InChI is InChI=1S/C18H20ClN7OS/c1-11(8-15-20-9-12(19)10-21-15)28-25-18-24-23-17(26(18)13-6-7-13)14-4-3-5-16(22-14)27-2/h3-5,9-11,13H,6-8H2,1-2H3,(H,24,25). The van der Waals surface area contributed by atoms with Crippen molar-refractivity contribution in [2.45, 2.75) is 37.5 Å². The van der Waals surface area contributed by atoms with Crippen LogP contribution in [-0.4, -0.2) is 42.1 Å². The number of aromatic nitrogens is 6. The second-order valence-corrected chi connectivity index (χ2v) is 8.25. The molecule has 0 aliphatic heterocycles. The second-order valence-electron chi connectivity index (χ2n) is 6.57. The fraction of sp³-hybridized carbons (Fsp3) is 0.389. The van der Waals surface area contributed by atoms with Crippen LogP contribution in [0.25, 0.3) is 11.5 Å². The van der Waals surface area contributed by atoms with Crippen LogP contribution in [0.5, 0.6) is 5.88 Å². The van der Waals surface area contributed by atoms with Crippen molar-refractivity contribution in [3.8, 4) is 17.4 Å². The van der Waals surface area contributed by atoms with Gasteiger partial charge in [0.2, 0.25) is 11.8 Å². The largest absolute Gasteiger partial charge is 0.481 e. The maximum atomic E-state index is 5.84. The summed E-state index contributed by atoms with van der Waals surface area (Å²) in [5, 5.41) is 9.51. The van der Waals surface area contributed by atoms with Crippen LogP contribution in [0.1, 0.15) is 31.6 Å². The first-order valence-electron chi connectivity index (χ1n) is 8.98. The highest BCUT2D eigenvalue weighted by atomic mass is 35.5. The number of ether oxygens (including phenoxy) is 1. The smallest absolute Gasteiger partial charge is 0.235 e. The number of rotatable bonds is 8. The first-order chi connectivity index (χ1) is 13.6. The number of nitrogens with one attached hydrogen (secondary N) is 1. The summed E-state index contributed by atoms with van der Waals surface area (Å²) in [5.41, 5.74) is 0.749. The van der Waals surface area contributed by atoms with Crippen LogP contribution >= 0.6 is 23.5 Å². The summed E-state index contributed by atoms with van der Waals surface area (Å²) in [6, 6.07) is 6.04. The zero-order valence-electron chi connectivity index (χ0n) is 15.5. The SMILES string of the molecule is COc1cccc(-c2nnc(NSC(C)Cc3ncc(Cl)cn3)n2C2CC2)n1. The molecule has 0 spiro atoms. The molecule has 1 atom stereocenters. The van der Waals surface area contributed by atoms with Crippen LogP contribution in [0.15, 0.2) is 30.6 Å². The molecule has 4 rings (SSSR count). The Morgan fingerprint density at radius 1 is 1.29 bits per heavy atom. The molecule has 0 radical (unpaired) electrons. The molecular weight excluding hydrogens is 398 g/mol. The maximum absolute atomic E-state index is 5.84. The van der Waals surface area contributed by atoms with E-state index in [1.165, 1.54) is 0 Å². The van der Waals surface area contributed by atoms with Gasteiger partial charge in [-0.3, -0.25) is 9.29 Å². The molecule has 3 aromatic heterocycles. The molecule has 10 heteroatoms.